The maximum absolute atomic E-state index is 11.1. The molecular formula is C16H21N3O3S. The molecule has 0 aromatic heterocycles. The van der Waals surface area contributed by atoms with Crippen molar-refractivity contribution in [1.29, 1.82) is 0 Å². The Kier molecular flexibility index (Phi) is 6.33. The van der Waals surface area contributed by atoms with Crippen LogP contribution in [-0.2, 0) is 14.3 Å². The van der Waals surface area contributed by atoms with Gasteiger partial charge < -0.3 is 9.47 Å². The minimum Gasteiger partial charge on any atom is -0.463 e. The van der Waals surface area contributed by atoms with Gasteiger partial charge in [0, 0.05) is 28.7 Å². The zero-order valence-corrected chi connectivity index (χ0v) is 14.3. The molecule has 2 rings (SSSR count). The molecule has 1 aliphatic rings. The average Bonchev–Trinajstić information content (AvgIpc) is 2.54. The predicted octanol–water partition coefficient (Wildman–Crippen LogP) is 4.02. The normalized spacial score (nSPS) is 30.3. The van der Waals surface area contributed by atoms with E-state index in [4.69, 9.17) is 15.0 Å². The highest BCUT2D eigenvalue weighted by Crippen LogP contribution is 2.40. The van der Waals surface area contributed by atoms with Crippen molar-refractivity contribution in [1.82, 2.24) is 0 Å². The van der Waals surface area contributed by atoms with E-state index in [-0.39, 0.29) is 42.0 Å². The molecule has 7 heteroatoms. The van der Waals surface area contributed by atoms with Crippen LogP contribution >= 0.6 is 11.8 Å². The number of carbonyl (C=O) groups is 1. The van der Waals surface area contributed by atoms with Crippen molar-refractivity contribution < 1.29 is 14.3 Å². The Hall–Kier alpha value is -1.69. The van der Waals surface area contributed by atoms with Gasteiger partial charge in [0.2, 0.25) is 0 Å². The topological polar surface area (TPSA) is 84.3 Å². The first-order valence-electron chi connectivity index (χ1n) is 7.57. The lowest BCUT2D eigenvalue weighted by Gasteiger charge is -2.42. The Morgan fingerprint density at radius 2 is 2.04 bits per heavy atom. The van der Waals surface area contributed by atoms with Crippen molar-refractivity contribution in [2.24, 2.45) is 17.0 Å². The van der Waals surface area contributed by atoms with Crippen LogP contribution in [0.25, 0.3) is 10.4 Å². The third-order valence-electron chi connectivity index (χ3n) is 4.03. The first-order chi connectivity index (χ1) is 11.0. The molecule has 0 bridgehead atoms. The minimum absolute atomic E-state index is 0.0205. The number of esters is 1. The van der Waals surface area contributed by atoms with Gasteiger partial charge in [0.15, 0.2) is 0 Å². The lowest BCUT2D eigenvalue weighted by molar-refractivity contribution is -0.153. The molecular weight excluding hydrogens is 314 g/mol. The van der Waals surface area contributed by atoms with Crippen molar-refractivity contribution in [3.63, 3.8) is 0 Å². The third kappa shape index (κ3) is 4.64. The number of thioether (sulfide) groups is 1. The highest BCUT2D eigenvalue weighted by Gasteiger charge is 2.41. The first-order valence-corrected chi connectivity index (χ1v) is 8.45. The van der Waals surface area contributed by atoms with Crippen molar-refractivity contribution in [3.8, 4) is 0 Å². The maximum atomic E-state index is 11.1. The van der Waals surface area contributed by atoms with E-state index in [1.54, 1.807) is 11.8 Å². The number of benzene rings is 1. The number of carbonyl (C=O) groups excluding carboxylic acids is 1. The number of azide groups is 1. The van der Waals surface area contributed by atoms with E-state index in [1.807, 2.05) is 44.2 Å². The summed E-state index contributed by atoms with van der Waals surface area (Å²) in [4.78, 5) is 15.1. The van der Waals surface area contributed by atoms with Gasteiger partial charge in [-0.15, -0.1) is 0 Å². The van der Waals surface area contributed by atoms with E-state index in [0.29, 0.717) is 0 Å². The molecule has 1 heterocycles. The molecule has 0 N–H and O–H groups in total. The predicted molar refractivity (Wildman–Crippen MR) is 88.9 cm³/mol. The zero-order chi connectivity index (χ0) is 16.8. The largest absolute Gasteiger partial charge is 0.463 e. The van der Waals surface area contributed by atoms with Gasteiger partial charge in [-0.2, -0.15) is 0 Å². The van der Waals surface area contributed by atoms with Crippen molar-refractivity contribution in [3.05, 3.63) is 40.8 Å². The molecule has 1 aromatic carbocycles. The SMILES string of the molecule is CC(=O)OCC1O[C@H](Sc2ccccc2)C(C)[C@@H](N=[N+]=[N-])[C@@H]1C. The van der Waals surface area contributed by atoms with Crippen LogP contribution < -0.4 is 0 Å². The van der Waals surface area contributed by atoms with Crippen molar-refractivity contribution in [2.45, 2.75) is 43.2 Å². The highest BCUT2D eigenvalue weighted by atomic mass is 32.2. The zero-order valence-electron chi connectivity index (χ0n) is 13.5. The number of hydrogen-bond acceptors (Lipinski definition) is 5. The Morgan fingerprint density at radius 3 is 2.65 bits per heavy atom. The minimum atomic E-state index is -0.341. The third-order valence-corrected chi connectivity index (χ3v) is 5.35. The summed E-state index contributed by atoms with van der Waals surface area (Å²) in [5, 5.41) is 3.96. The molecule has 6 nitrogen and oxygen atoms in total. The molecule has 1 aliphatic heterocycles. The van der Waals surface area contributed by atoms with Crippen LogP contribution in [0.3, 0.4) is 0 Å². The second-order valence-electron chi connectivity index (χ2n) is 5.69. The fraction of sp³-hybridized carbons (Fsp3) is 0.562. The van der Waals surface area contributed by atoms with Crippen LogP contribution in [0.15, 0.2) is 40.3 Å². The highest BCUT2D eigenvalue weighted by molar-refractivity contribution is 7.99. The molecule has 2 unspecified atom stereocenters. The Labute approximate surface area is 140 Å². The lowest BCUT2D eigenvalue weighted by Crippen LogP contribution is -2.48. The van der Waals surface area contributed by atoms with Gasteiger partial charge in [-0.3, -0.25) is 4.79 Å². The van der Waals surface area contributed by atoms with Crippen LogP contribution in [0.1, 0.15) is 20.8 Å². The van der Waals surface area contributed by atoms with Gasteiger partial charge in [0.25, 0.3) is 0 Å². The van der Waals surface area contributed by atoms with E-state index in [9.17, 15) is 4.79 Å². The smallest absolute Gasteiger partial charge is 0.302 e. The summed E-state index contributed by atoms with van der Waals surface area (Å²) in [6.45, 7) is 5.54. The lowest BCUT2D eigenvalue weighted by atomic mass is 9.85. The Bertz CT molecular complexity index is 577. The molecule has 23 heavy (non-hydrogen) atoms. The number of rotatable bonds is 5. The number of nitrogens with zero attached hydrogens (tertiary/aromatic N) is 3. The number of ether oxygens (including phenoxy) is 2. The molecule has 0 saturated carbocycles. The fourth-order valence-electron chi connectivity index (χ4n) is 2.71. The molecule has 5 atom stereocenters. The fourth-order valence-corrected chi connectivity index (χ4v) is 3.87. The summed E-state index contributed by atoms with van der Waals surface area (Å²) in [5.74, 6) is -0.306. The second-order valence-corrected chi connectivity index (χ2v) is 6.86. The summed E-state index contributed by atoms with van der Waals surface area (Å²) in [6, 6.07) is 9.74. The summed E-state index contributed by atoms with van der Waals surface area (Å²) < 4.78 is 11.2. The summed E-state index contributed by atoms with van der Waals surface area (Å²) in [6.07, 6.45) is -0.285. The van der Waals surface area contributed by atoms with Crippen LogP contribution in [0, 0.1) is 11.8 Å². The van der Waals surface area contributed by atoms with Crippen molar-refractivity contribution in [2.75, 3.05) is 6.61 Å². The van der Waals surface area contributed by atoms with Gasteiger partial charge in [-0.25, -0.2) is 0 Å². The van der Waals surface area contributed by atoms with E-state index in [2.05, 4.69) is 10.0 Å². The van der Waals surface area contributed by atoms with Crippen molar-refractivity contribution >= 4 is 17.7 Å². The van der Waals surface area contributed by atoms with Gasteiger partial charge in [0.05, 0.1) is 6.10 Å². The summed E-state index contributed by atoms with van der Waals surface area (Å²) in [5.41, 5.74) is 8.70. The standard InChI is InChI=1S/C16H21N3O3S/c1-10-14(9-21-12(3)20)22-16(11(2)15(10)18-19-17)23-13-7-5-4-6-8-13/h4-8,10-11,14-16H,9H2,1-3H3/t10-,11?,14?,15+,16-/m1/s1. The number of hydrogen-bond donors (Lipinski definition) is 0. The molecule has 1 aromatic rings. The van der Waals surface area contributed by atoms with Crippen LogP contribution in [0.2, 0.25) is 0 Å². The molecule has 1 saturated heterocycles. The average molecular weight is 335 g/mol. The quantitative estimate of drug-likeness (QED) is 0.352. The van der Waals surface area contributed by atoms with Crippen LogP contribution in [0.5, 0.6) is 0 Å². The molecule has 0 amide bonds. The van der Waals surface area contributed by atoms with Gasteiger partial charge in [-0.1, -0.05) is 48.9 Å². The van der Waals surface area contributed by atoms with E-state index in [0.717, 1.165) is 4.90 Å². The van der Waals surface area contributed by atoms with Crippen LogP contribution in [0.4, 0.5) is 0 Å². The first kappa shape index (κ1) is 17.7. The molecule has 0 spiro atoms. The maximum Gasteiger partial charge on any atom is 0.302 e. The summed E-state index contributed by atoms with van der Waals surface area (Å²) >= 11 is 1.60. The van der Waals surface area contributed by atoms with Gasteiger partial charge in [-0.05, 0) is 23.6 Å². The van der Waals surface area contributed by atoms with E-state index < -0.39 is 0 Å². The summed E-state index contributed by atoms with van der Waals surface area (Å²) in [7, 11) is 0. The van der Waals surface area contributed by atoms with E-state index >= 15 is 0 Å². The van der Waals surface area contributed by atoms with Crippen LogP contribution in [-0.4, -0.2) is 30.2 Å². The van der Waals surface area contributed by atoms with Gasteiger partial charge >= 0.3 is 5.97 Å². The molecule has 1 fully saturated rings. The molecule has 124 valence electrons. The molecule has 0 aliphatic carbocycles. The monoisotopic (exact) mass is 335 g/mol. The molecule has 0 radical (unpaired) electrons. The second kappa shape index (κ2) is 8.24. The Morgan fingerprint density at radius 1 is 1.35 bits per heavy atom. The Balaban J connectivity index is 2.16. The van der Waals surface area contributed by atoms with Gasteiger partial charge in [0.1, 0.15) is 12.0 Å². The van der Waals surface area contributed by atoms with E-state index in [1.165, 1.54) is 6.92 Å².